The van der Waals surface area contributed by atoms with Crippen LogP contribution in [0.1, 0.15) is 20.7 Å². The molecule has 130 valence electrons. The van der Waals surface area contributed by atoms with E-state index >= 15 is 0 Å². The lowest BCUT2D eigenvalue weighted by atomic mass is 10.2. The highest BCUT2D eigenvalue weighted by Crippen LogP contribution is 2.19. The molecule has 0 aliphatic heterocycles. The van der Waals surface area contributed by atoms with Gasteiger partial charge in [-0.1, -0.05) is 35.9 Å². The summed E-state index contributed by atoms with van der Waals surface area (Å²) in [7, 11) is 0. The Labute approximate surface area is 154 Å². The van der Waals surface area contributed by atoms with Crippen molar-refractivity contribution in [3.05, 3.63) is 94.8 Å². The number of hydrogen-bond acceptors (Lipinski definition) is 2. The number of benzene rings is 3. The van der Waals surface area contributed by atoms with E-state index < -0.39 is 11.7 Å². The third-order valence-electron chi connectivity index (χ3n) is 3.64. The molecule has 3 aromatic carbocycles. The van der Waals surface area contributed by atoms with E-state index in [1.54, 1.807) is 54.6 Å². The lowest BCUT2D eigenvalue weighted by Gasteiger charge is -2.09. The van der Waals surface area contributed by atoms with E-state index in [4.69, 9.17) is 11.6 Å². The van der Waals surface area contributed by atoms with E-state index in [-0.39, 0.29) is 11.5 Å². The Morgan fingerprint density at radius 3 is 1.69 bits per heavy atom. The standard InChI is InChI=1S/C20H14ClFN2O2/c21-17-7-3-1-5-15(17)19(25)23-13-9-11-14(12-10-13)24-20(26)16-6-2-4-8-18(16)22/h1-12H,(H,23,25)(H,24,26). The number of anilines is 2. The Kier molecular flexibility index (Phi) is 5.29. The van der Waals surface area contributed by atoms with Gasteiger partial charge in [-0.05, 0) is 48.5 Å². The fraction of sp³-hybridized carbons (Fsp3) is 0. The highest BCUT2D eigenvalue weighted by Gasteiger charge is 2.12. The molecule has 4 nitrogen and oxygen atoms in total. The minimum absolute atomic E-state index is 0.0383. The van der Waals surface area contributed by atoms with Crippen molar-refractivity contribution in [2.24, 2.45) is 0 Å². The second-order valence-corrected chi connectivity index (χ2v) is 5.85. The molecule has 3 aromatic rings. The molecule has 0 unspecified atom stereocenters. The molecule has 0 bridgehead atoms. The highest BCUT2D eigenvalue weighted by atomic mass is 35.5. The van der Waals surface area contributed by atoms with Gasteiger partial charge in [0.15, 0.2) is 0 Å². The number of rotatable bonds is 4. The van der Waals surface area contributed by atoms with Gasteiger partial charge in [0.25, 0.3) is 11.8 Å². The molecule has 0 radical (unpaired) electrons. The molecular formula is C20H14ClFN2O2. The van der Waals surface area contributed by atoms with E-state index in [0.29, 0.717) is 22.0 Å². The summed E-state index contributed by atoms with van der Waals surface area (Å²) in [4.78, 5) is 24.3. The maximum absolute atomic E-state index is 13.6. The third kappa shape index (κ3) is 4.07. The normalized spacial score (nSPS) is 10.2. The van der Waals surface area contributed by atoms with Gasteiger partial charge in [-0.2, -0.15) is 0 Å². The van der Waals surface area contributed by atoms with Crippen LogP contribution >= 0.6 is 11.6 Å². The third-order valence-corrected chi connectivity index (χ3v) is 3.97. The van der Waals surface area contributed by atoms with Crippen molar-refractivity contribution < 1.29 is 14.0 Å². The fourth-order valence-electron chi connectivity index (χ4n) is 2.32. The highest BCUT2D eigenvalue weighted by molar-refractivity contribution is 6.34. The van der Waals surface area contributed by atoms with Crippen molar-refractivity contribution in [2.75, 3.05) is 10.6 Å². The van der Waals surface area contributed by atoms with Crippen LogP contribution in [-0.2, 0) is 0 Å². The van der Waals surface area contributed by atoms with E-state index in [2.05, 4.69) is 10.6 Å². The van der Waals surface area contributed by atoms with Crippen molar-refractivity contribution in [1.82, 2.24) is 0 Å². The summed E-state index contributed by atoms with van der Waals surface area (Å²) in [5.74, 6) is -1.47. The van der Waals surface area contributed by atoms with E-state index in [1.165, 1.54) is 18.2 Å². The fourth-order valence-corrected chi connectivity index (χ4v) is 2.55. The predicted octanol–water partition coefficient (Wildman–Crippen LogP) is 4.98. The molecule has 2 amide bonds. The maximum Gasteiger partial charge on any atom is 0.258 e. The van der Waals surface area contributed by atoms with Gasteiger partial charge in [-0.3, -0.25) is 9.59 Å². The summed E-state index contributed by atoms with van der Waals surface area (Å²) in [6.07, 6.45) is 0. The zero-order valence-electron chi connectivity index (χ0n) is 13.5. The Morgan fingerprint density at radius 2 is 1.15 bits per heavy atom. The van der Waals surface area contributed by atoms with Gasteiger partial charge in [0.2, 0.25) is 0 Å². The van der Waals surface area contributed by atoms with Crippen molar-refractivity contribution in [2.45, 2.75) is 0 Å². The van der Waals surface area contributed by atoms with Gasteiger partial charge in [-0.15, -0.1) is 0 Å². The molecule has 0 aliphatic carbocycles. The molecule has 3 rings (SSSR count). The van der Waals surface area contributed by atoms with Crippen LogP contribution in [0.3, 0.4) is 0 Å². The molecule has 0 saturated carbocycles. The number of nitrogens with one attached hydrogen (secondary N) is 2. The lowest BCUT2D eigenvalue weighted by Crippen LogP contribution is -2.14. The second-order valence-electron chi connectivity index (χ2n) is 5.45. The zero-order valence-corrected chi connectivity index (χ0v) is 14.3. The van der Waals surface area contributed by atoms with Crippen molar-refractivity contribution in [3.63, 3.8) is 0 Å². The average Bonchev–Trinajstić information content (AvgIpc) is 2.64. The van der Waals surface area contributed by atoms with Gasteiger partial charge in [0.05, 0.1) is 16.1 Å². The number of carbonyl (C=O) groups excluding carboxylic acids is 2. The van der Waals surface area contributed by atoms with Crippen molar-refractivity contribution >= 4 is 34.8 Å². The summed E-state index contributed by atoms with van der Waals surface area (Å²) < 4.78 is 13.6. The number of halogens is 2. The molecular weight excluding hydrogens is 355 g/mol. The van der Waals surface area contributed by atoms with E-state index in [9.17, 15) is 14.0 Å². The van der Waals surface area contributed by atoms with Crippen LogP contribution < -0.4 is 10.6 Å². The monoisotopic (exact) mass is 368 g/mol. The molecule has 0 spiro atoms. The number of carbonyl (C=O) groups is 2. The summed E-state index contributed by atoms with van der Waals surface area (Å²) in [5.41, 5.74) is 1.35. The molecule has 0 saturated heterocycles. The smallest absolute Gasteiger partial charge is 0.258 e. The molecule has 2 N–H and O–H groups in total. The Hall–Kier alpha value is -3.18. The minimum Gasteiger partial charge on any atom is -0.322 e. The van der Waals surface area contributed by atoms with Crippen LogP contribution in [0.4, 0.5) is 15.8 Å². The zero-order chi connectivity index (χ0) is 18.5. The van der Waals surface area contributed by atoms with Crippen LogP contribution in [0.25, 0.3) is 0 Å². The Balaban J connectivity index is 1.67. The second kappa shape index (κ2) is 7.80. The predicted molar refractivity (Wildman–Crippen MR) is 100 cm³/mol. The summed E-state index contributed by atoms with van der Waals surface area (Å²) >= 11 is 6.00. The molecule has 0 aliphatic rings. The van der Waals surface area contributed by atoms with Crippen LogP contribution in [0, 0.1) is 5.82 Å². The topological polar surface area (TPSA) is 58.2 Å². The van der Waals surface area contributed by atoms with E-state index in [0.717, 1.165) is 0 Å². The van der Waals surface area contributed by atoms with Crippen molar-refractivity contribution in [1.29, 1.82) is 0 Å². The van der Waals surface area contributed by atoms with Gasteiger partial charge in [-0.25, -0.2) is 4.39 Å². The first kappa shape index (κ1) is 17.6. The SMILES string of the molecule is O=C(Nc1ccc(NC(=O)c2ccccc2Cl)cc1)c1ccccc1F. The van der Waals surface area contributed by atoms with Crippen LogP contribution in [0.5, 0.6) is 0 Å². The van der Waals surface area contributed by atoms with E-state index in [1.807, 2.05) is 0 Å². The Bertz CT molecular complexity index is 880. The van der Waals surface area contributed by atoms with Crippen LogP contribution in [0.15, 0.2) is 72.8 Å². The van der Waals surface area contributed by atoms with Crippen LogP contribution in [-0.4, -0.2) is 11.8 Å². The Morgan fingerprint density at radius 1 is 0.692 bits per heavy atom. The molecule has 0 atom stereocenters. The molecule has 26 heavy (non-hydrogen) atoms. The summed E-state index contributed by atoms with van der Waals surface area (Å²) in [6.45, 7) is 0. The molecule has 0 aromatic heterocycles. The van der Waals surface area contributed by atoms with Gasteiger partial charge in [0.1, 0.15) is 5.82 Å². The van der Waals surface area contributed by atoms with Gasteiger partial charge < -0.3 is 10.6 Å². The quantitative estimate of drug-likeness (QED) is 0.682. The minimum atomic E-state index is -0.589. The summed E-state index contributed by atoms with van der Waals surface area (Å²) in [5, 5.41) is 5.69. The number of amides is 2. The van der Waals surface area contributed by atoms with Crippen molar-refractivity contribution in [3.8, 4) is 0 Å². The number of hydrogen-bond donors (Lipinski definition) is 2. The maximum atomic E-state index is 13.6. The molecule has 0 heterocycles. The first-order valence-corrected chi connectivity index (χ1v) is 8.14. The summed E-state index contributed by atoms with van der Waals surface area (Å²) in [6, 6.07) is 18.9. The lowest BCUT2D eigenvalue weighted by molar-refractivity contribution is 0.101. The van der Waals surface area contributed by atoms with Crippen LogP contribution in [0.2, 0.25) is 5.02 Å². The molecule has 0 fully saturated rings. The first-order valence-electron chi connectivity index (χ1n) is 7.76. The average molecular weight is 369 g/mol. The first-order chi connectivity index (χ1) is 12.5. The van der Waals surface area contributed by atoms with Gasteiger partial charge >= 0.3 is 0 Å². The van der Waals surface area contributed by atoms with Gasteiger partial charge in [0, 0.05) is 11.4 Å². The largest absolute Gasteiger partial charge is 0.322 e. The molecule has 6 heteroatoms.